The van der Waals surface area contributed by atoms with Gasteiger partial charge in [-0.25, -0.2) is 0 Å². The molecule has 0 bridgehead atoms. The third kappa shape index (κ3) is 6.78. The lowest BCUT2D eigenvalue weighted by Crippen LogP contribution is -2.39. The average molecular weight is 245 g/mol. The molecule has 0 aromatic rings. The van der Waals surface area contributed by atoms with Gasteiger partial charge >= 0.3 is 0 Å². The number of nitrogens with one attached hydrogen (secondary N) is 1. The van der Waals surface area contributed by atoms with E-state index < -0.39 is 5.92 Å². The molecule has 0 spiro atoms. The third-order valence-electron chi connectivity index (χ3n) is 2.44. The van der Waals surface area contributed by atoms with Gasteiger partial charge in [0.15, 0.2) is 5.84 Å². The Balaban J connectivity index is 3.98. The maximum Gasteiger partial charge on any atom is 0.230 e. The number of nitrogens with two attached hydrogens (primary N) is 1. The smallest absolute Gasteiger partial charge is 0.230 e. The van der Waals surface area contributed by atoms with Gasteiger partial charge in [0, 0.05) is 20.3 Å². The highest BCUT2D eigenvalue weighted by Crippen LogP contribution is 2.06. The standard InChI is InChI=1S/C11H23N3O3/c1-3-6-9(10(12)14-16)11(15)13-7-4-5-8-17-2/h9,16H,3-8H2,1-2H3,(H2,12,14)(H,13,15). The molecular formula is C11H23N3O3. The minimum Gasteiger partial charge on any atom is -0.409 e. The number of hydrogen-bond donors (Lipinski definition) is 3. The number of nitrogens with zero attached hydrogens (tertiary/aromatic N) is 1. The normalized spacial score (nSPS) is 13.4. The first-order valence-corrected chi connectivity index (χ1v) is 5.91. The van der Waals surface area contributed by atoms with Crippen LogP contribution in [0, 0.1) is 5.92 Å². The van der Waals surface area contributed by atoms with E-state index in [0.29, 0.717) is 19.6 Å². The van der Waals surface area contributed by atoms with E-state index in [1.54, 1.807) is 7.11 Å². The van der Waals surface area contributed by atoms with Crippen molar-refractivity contribution in [2.75, 3.05) is 20.3 Å². The highest BCUT2D eigenvalue weighted by atomic mass is 16.5. The van der Waals surface area contributed by atoms with Gasteiger partial charge in [-0.1, -0.05) is 18.5 Å². The van der Waals surface area contributed by atoms with E-state index in [9.17, 15) is 4.79 Å². The second-order valence-corrected chi connectivity index (χ2v) is 3.86. The summed E-state index contributed by atoms with van der Waals surface area (Å²) in [6, 6.07) is 0. The number of oxime groups is 1. The van der Waals surface area contributed by atoms with Crippen molar-refractivity contribution in [1.29, 1.82) is 0 Å². The van der Waals surface area contributed by atoms with Crippen molar-refractivity contribution in [3.8, 4) is 0 Å². The Morgan fingerprint density at radius 1 is 1.53 bits per heavy atom. The molecule has 0 saturated heterocycles. The Morgan fingerprint density at radius 2 is 2.24 bits per heavy atom. The molecule has 0 rings (SSSR count). The quantitative estimate of drug-likeness (QED) is 0.183. The van der Waals surface area contributed by atoms with Gasteiger partial charge in [0.05, 0.1) is 5.92 Å². The molecule has 0 aromatic carbocycles. The summed E-state index contributed by atoms with van der Waals surface area (Å²) in [5, 5.41) is 14.3. The molecule has 0 aliphatic heterocycles. The first kappa shape index (κ1) is 15.7. The minimum atomic E-state index is -0.535. The first-order valence-electron chi connectivity index (χ1n) is 5.91. The van der Waals surface area contributed by atoms with Crippen LogP contribution in [0.4, 0.5) is 0 Å². The molecule has 0 heterocycles. The Morgan fingerprint density at radius 3 is 2.76 bits per heavy atom. The van der Waals surface area contributed by atoms with E-state index in [4.69, 9.17) is 15.7 Å². The predicted molar refractivity (Wildman–Crippen MR) is 65.9 cm³/mol. The van der Waals surface area contributed by atoms with Crippen molar-refractivity contribution in [2.45, 2.75) is 32.6 Å². The van der Waals surface area contributed by atoms with Gasteiger partial charge in [-0.2, -0.15) is 0 Å². The van der Waals surface area contributed by atoms with Gasteiger partial charge in [0.2, 0.25) is 5.91 Å². The molecule has 100 valence electrons. The third-order valence-corrected chi connectivity index (χ3v) is 2.44. The maximum absolute atomic E-state index is 11.8. The molecular weight excluding hydrogens is 222 g/mol. The number of amides is 1. The molecule has 1 atom stereocenters. The monoisotopic (exact) mass is 245 g/mol. The fourth-order valence-electron chi connectivity index (χ4n) is 1.48. The van der Waals surface area contributed by atoms with Gasteiger partial charge in [0.1, 0.15) is 0 Å². The summed E-state index contributed by atoms with van der Waals surface area (Å²) < 4.78 is 4.91. The Kier molecular flexibility index (Phi) is 9.14. The molecule has 0 saturated carbocycles. The first-order chi connectivity index (χ1) is 8.17. The van der Waals surface area contributed by atoms with Crippen molar-refractivity contribution < 1.29 is 14.7 Å². The van der Waals surface area contributed by atoms with Crippen molar-refractivity contribution in [3.05, 3.63) is 0 Å². The highest BCUT2D eigenvalue weighted by molar-refractivity contribution is 6.01. The molecule has 1 amide bonds. The number of carbonyl (C=O) groups excluding carboxylic acids is 1. The van der Waals surface area contributed by atoms with Gasteiger partial charge in [0.25, 0.3) is 0 Å². The number of rotatable bonds is 9. The summed E-state index contributed by atoms with van der Waals surface area (Å²) >= 11 is 0. The van der Waals surface area contributed by atoms with Crippen LogP contribution in [0.15, 0.2) is 5.16 Å². The van der Waals surface area contributed by atoms with Crippen LogP contribution >= 0.6 is 0 Å². The molecule has 0 aromatic heterocycles. The topological polar surface area (TPSA) is 96.9 Å². The second-order valence-electron chi connectivity index (χ2n) is 3.86. The van der Waals surface area contributed by atoms with Crippen LogP contribution < -0.4 is 11.1 Å². The largest absolute Gasteiger partial charge is 0.409 e. The highest BCUT2D eigenvalue weighted by Gasteiger charge is 2.21. The number of ether oxygens (including phenoxy) is 1. The van der Waals surface area contributed by atoms with E-state index in [1.807, 2.05) is 6.92 Å². The summed E-state index contributed by atoms with van der Waals surface area (Å²) in [6.07, 6.45) is 3.14. The molecule has 6 nitrogen and oxygen atoms in total. The zero-order valence-corrected chi connectivity index (χ0v) is 10.6. The maximum atomic E-state index is 11.8. The molecule has 0 aliphatic carbocycles. The number of unbranched alkanes of at least 4 members (excludes halogenated alkanes) is 1. The zero-order valence-electron chi connectivity index (χ0n) is 10.6. The fraction of sp³-hybridized carbons (Fsp3) is 0.818. The predicted octanol–water partition coefficient (Wildman–Crippen LogP) is 0.692. The van der Waals surface area contributed by atoms with Gasteiger partial charge in [-0.15, -0.1) is 0 Å². The number of carbonyl (C=O) groups is 1. The molecule has 0 fully saturated rings. The van der Waals surface area contributed by atoms with Gasteiger partial charge in [-0.3, -0.25) is 4.79 Å². The molecule has 4 N–H and O–H groups in total. The lowest BCUT2D eigenvalue weighted by molar-refractivity contribution is -0.123. The summed E-state index contributed by atoms with van der Waals surface area (Å²) in [4.78, 5) is 11.8. The van der Waals surface area contributed by atoms with E-state index in [1.165, 1.54) is 0 Å². The van der Waals surface area contributed by atoms with Gasteiger partial charge in [-0.05, 0) is 19.3 Å². The summed E-state index contributed by atoms with van der Waals surface area (Å²) in [7, 11) is 1.65. The van der Waals surface area contributed by atoms with E-state index in [2.05, 4.69) is 10.5 Å². The second kappa shape index (κ2) is 9.89. The van der Waals surface area contributed by atoms with Gasteiger partial charge < -0.3 is 21.0 Å². The lowest BCUT2D eigenvalue weighted by atomic mass is 10.0. The van der Waals surface area contributed by atoms with Crippen molar-refractivity contribution in [1.82, 2.24) is 5.32 Å². The molecule has 1 unspecified atom stereocenters. The van der Waals surface area contributed by atoms with Crippen LogP contribution in [-0.2, 0) is 9.53 Å². The Hall–Kier alpha value is -1.30. The van der Waals surface area contributed by atoms with Crippen LogP contribution in [0.3, 0.4) is 0 Å². The molecule has 17 heavy (non-hydrogen) atoms. The van der Waals surface area contributed by atoms with Crippen LogP contribution in [-0.4, -0.2) is 37.2 Å². The van der Waals surface area contributed by atoms with Crippen molar-refractivity contribution in [2.24, 2.45) is 16.8 Å². The van der Waals surface area contributed by atoms with E-state index in [0.717, 1.165) is 19.3 Å². The lowest BCUT2D eigenvalue weighted by Gasteiger charge is -2.14. The Labute approximate surface area is 102 Å². The Bertz CT molecular complexity index is 244. The number of hydrogen-bond acceptors (Lipinski definition) is 4. The summed E-state index contributed by atoms with van der Waals surface area (Å²) in [5.41, 5.74) is 5.48. The van der Waals surface area contributed by atoms with Crippen molar-refractivity contribution in [3.63, 3.8) is 0 Å². The molecule has 6 heteroatoms. The average Bonchev–Trinajstić information content (AvgIpc) is 2.34. The van der Waals surface area contributed by atoms with E-state index >= 15 is 0 Å². The van der Waals surface area contributed by atoms with Crippen LogP contribution in [0.5, 0.6) is 0 Å². The fourth-order valence-corrected chi connectivity index (χ4v) is 1.48. The van der Waals surface area contributed by atoms with E-state index in [-0.39, 0.29) is 11.7 Å². The van der Waals surface area contributed by atoms with Crippen LogP contribution in [0.1, 0.15) is 32.6 Å². The summed E-state index contributed by atoms with van der Waals surface area (Å²) in [6.45, 7) is 3.22. The number of amidine groups is 1. The van der Waals surface area contributed by atoms with Crippen molar-refractivity contribution >= 4 is 11.7 Å². The van der Waals surface area contributed by atoms with Crippen LogP contribution in [0.2, 0.25) is 0 Å². The SMILES string of the molecule is CCCC(C(=O)NCCCCOC)C(N)=NO. The zero-order chi connectivity index (χ0) is 13.1. The minimum absolute atomic E-state index is 0.0266. The number of methoxy groups -OCH3 is 1. The molecule has 0 aliphatic rings. The summed E-state index contributed by atoms with van der Waals surface area (Å²) in [5.74, 6) is -0.742. The van der Waals surface area contributed by atoms with Crippen LogP contribution in [0.25, 0.3) is 0 Å². The molecule has 0 radical (unpaired) electrons.